The Morgan fingerprint density at radius 3 is 1.38 bits per heavy atom. The molecule has 0 spiro atoms. The monoisotopic (exact) mass is 267 g/mol. The minimum Gasteiger partial charge on any atom is -0.308 e. The van der Waals surface area contributed by atoms with Crippen LogP contribution in [0.2, 0.25) is 0 Å². The van der Waals surface area contributed by atoms with Crippen LogP contribution in [0.5, 0.6) is 0 Å². The first-order chi connectivity index (χ1) is 5.00. The number of benzene rings is 1. The van der Waals surface area contributed by atoms with E-state index in [0.29, 0.717) is 0 Å². The minimum atomic E-state index is -5.00. The van der Waals surface area contributed by atoms with Gasteiger partial charge in [0.05, 0.1) is 0 Å². The Kier molecular flexibility index (Phi) is 15.0. The second-order valence-electron chi connectivity index (χ2n) is 1.55. The number of aliphatic hydroxyl groups is 1. The van der Waals surface area contributed by atoms with E-state index in [1.807, 2.05) is 30.3 Å². The van der Waals surface area contributed by atoms with Crippen LogP contribution in [0.4, 0.5) is 13.2 Å². The number of hydrogen-bond donors (Lipinski definition) is 1. The Morgan fingerprint density at radius 2 is 1.31 bits per heavy atom. The van der Waals surface area contributed by atoms with Crippen LogP contribution in [0.1, 0.15) is 0 Å². The number of halogens is 4. The van der Waals surface area contributed by atoms with Crippen molar-refractivity contribution in [3.63, 3.8) is 0 Å². The normalized spacial score (nSPS) is 8.31. The topological polar surface area (TPSA) is 20.2 Å². The molecule has 0 heterocycles. The van der Waals surface area contributed by atoms with Crippen LogP contribution < -0.4 is 0 Å². The third-order valence-corrected chi connectivity index (χ3v) is 0.607. The fraction of sp³-hybridized carbons (Fsp3) is 0.143. The van der Waals surface area contributed by atoms with E-state index < -0.39 is 6.36 Å². The fourth-order valence-electron chi connectivity index (χ4n) is 0.342. The Balaban J connectivity index is -0.000000136. The average Bonchev–Trinajstić information content (AvgIpc) is 1.88. The molecule has 13 heavy (non-hydrogen) atoms. The first-order valence-electron chi connectivity index (χ1n) is 2.70. The molecule has 0 aliphatic rings. The molecule has 0 saturated carbocycles. The van der Waals surface area contributed by atoms with E-state index >= 15 is 0 Å². The van der Waals surface area contributed by atoms with Crippen LogP contribution in [0.25, 0.3) is 0 Å². The van der Waals surface area contributed by atoms with Crippen LogP contribution in [0.3, 0.4) is 0 Å². The van der Waals surface area contributed by atoms with Crippen LogP contribution in [0.15, 0.2) is 30.3 Å². The summed E-state index contributed by atoms with van der Waals surface area (Å²) >= 11 is 0. The molecule has 0 aliphatic heterocycles. The third-order valence-electron chi connectivity index (χ3n) is 0.607. The van der Waals surface area contributed by atoms with Gasteiger partial charge in [0.1, 0.15) is 0 Å². The molecule has 0 bridgehead atoms. The number of alkyl halides is 3. The Hall–Kier alpha value is 0.216. The second-order valence-corrected chi connectivity index (χ2v) is 1.55. The van der Waals surface area contributed by atoms with E-state index in [4.69, 9.17) is 5.11 Å². The van der Waals surface area contributed by atoms with E-state index in [-0.39, 0.29) is 40.0 Å². The summed E-state index contributed by atoms with van der Waals surface area (Å²) in [5.74, 6) is 0. The van der Waals surface area contributed by atoms with E-state index in [1.165, 1.54) is 0 Å². The molecule has 0 saturated heterocycles. The maximum Gasteiger partial charge on any atom is 2.00 e. The van der Waals surface area contributed by atoms with Gasteiger partial charge in [-0.25, -0.2) is 0 Å². The van der Waals surface area contributed by atoms with Crippen molar-refractivity contribution < 1.29 is 18.3 Å². The zero-order valence-corrected chi connectivity index (χ0v) is 9.71. The molecule has 70 valence electrons. The van der Waals surface area contributed by atoms with Crippen LogP contribution in [-0.4, -0.2) is 34.5 Å². The van der Waals surface area contributed by atoms with Crippen molar-refractivity contribution in [2.75, 3.05) is 0 Å². The maximum absolute atomic E-state index is 9.91. The van der Waals surface area contributed by atoms with Crippen molar-refractivity contribution in [3.05, 3.63) is 36.4 Å². The van der Waals surface area contributed by atoms with Gasteiger partial charge in [0.15, 0.2) is 0 Å². The zero-order valence-electron chi connectivity index (χ0n) is 6.58. The fourth-order valence-corrected chi connectivity index (χ4v) is 0.342. The molecule has 1 rings (SSSR count). The first kappa shape index (κ1) is 18.9. The van der Waals surface area contributed by atoms with Gasteiger partial charge in [0, 0.05) is 0 Å². The molecule has 6 heteroatoms. The van der Waals surface area contributed by atoms with Gasteiger partial charge in [-0.15, -0.1) is 30.2 Å². The van der Waals surface area contributed by atoms with Gasteiger partial charge in [-0.1, -0.05) is 0 Å². The summed E-state index contributed by atoms with van der Waals surface area (Å²) in [5, 5.41) is 6.52. The molecular formula is C7H7BrF3MgO+. The third kappa shape index (κ3) is 33.0. The van der Waals surface area contributed by atoms with Crippen molar-refractivity contribution in [2.24, 2.45) is 0 Å². The van der Waals surface area contributed by atoms with Crippen LogP contribution >= 0.6 is 17.0 Å². The summed E-state index contributed by atoms with van der Waals surface area (Å²) in [4.78, 5) is 0. The van der Waals surface area contributed by atoms with Gasteiger partial charge in [-0.3, -0.25) is 0 Å². The van der Waals surface area contributed by atoms with E-state index in [1.54, 1.807) is 0 Å². The molecule has 0 atom stereocenters. The Labute approximate surface area is 101 Å². The summed E-state index contributed by atoms with van der Waals surface area (Å²) in [6, 6.07) is 12.5. The summed E-state index contributed by atoms with van der Waals surface area (Å²) in [5.41, 5.74) is 0. The van der Waals surface area contributed by atoms with E-state index in [9.17, 15) is 13.2 Å². The van der Waals surface area contributed by atoms with Gasteiger partial charge in [0.2, 0.25) is 0 Å². The molecule has 0 radical (unpaired) electrons. The molecule has 1 aromatic carbocycles. The molecule has 0 aliphatic carbocycles. The quantitative estimate of drug-likeness (QED) is 0.565. The molecule has 0 amide bonds. The Morgan fingerprint density at radius 1 is 1.00 bits per heavy atom. The van der Waals surface area contributed by atoms with Gasteiger partial charge < -0.3 is 5.11 Å². The van der Waals surface area contributed by atoms with Crippen molar-refractivity contribution in [3.8, 4) is 0 Å². The van der Waals surface area contributed by atoms with Gasteiger partial charge in [0.25, 0.3) is 0 Å². The van der Waals surface area contributed by atoms with E-state index in [0.717, 1.165) is 0 Å². The standard InChI is InChI=1S/C6H5.CHF3O.BrH.Mg/c1-2-4-6-5-3-1;2-1(3,4)5;;/h1-5H;5H;1H;/q-1;;;+2. The molecule has 0 unspecified atom stereocenters. The van der Waals surface area contributed by atoms with Crippen molar-refractivity contribution >= 4 is 40.0 Å². The van der Waals surface area contributed by atoms with Crippen LogP contribution in [-0.2, 0) is 0 Å². The predicted octanol–water partition coefficient (Wildman–Crippen LogP) is 2.18. The summed E-state index contributed by atoms with van der Waals surface area (Å²) in [6.45, 7) is 0. The molecule has 1 nitrogen and oxygen atoms in total. The molecule has 1 aromatic rings. The van der Waals surface area contributed by atoms with Gasteiger partial charge >= 0.3 is 29.4 Å². The number of rotatable bonds is 0. The molecule has 1 N–H and O–H groups in total. The van der Waals surface area contributed by atoms with Gasteiger partial charge in [-0.2, -0.15) is 36.4 Å². The minimum absolute atomic E-state index is 0. The van der Waals surface area contributed by atoms with Gasteiger partial charge in [-0.05, 0) is 0 Å². The maximum atomic E-state index is 9.91. The zero-order chi connectivity index (χ0) is 8.74. The van der Waals surface area contributed by atoms with E-state index in [2.05, 4.69) is 6.07 Å². The SMILES string of the molecule is Br.OC(F)(F)F.[Mg+2].[c-]1ccccc1. The molecular weight excluding hydrogens is 261 g/mol. The van der Waals surface area contributed by atoms with Crippen molar-refractivity contribution in [2.45, 2.75) is 6.36 Å². The van der Waals surface area contributed by atoms with Crippen molar-refractivity contribution in [1.82, 2.24) is 0 Å². The summed E-state index contributed by atoms with van der Waals surface area (Å²) < 4.78 is 29.7. The second kappa shape index (κ2) is 10.3. The van der Waals surface area contributed by atoms with Crippen molar-refractivity contribution in [1.29, 1.82) is 0 Å². The first-order valence-corrected chi connectivity index (χ1v) is 2.70. The molecule has 0 fully saturated rings. The average molecular weight is 268 g/mol. The largest absolute Gasteiger partial charge is 2.00 e. The van der Waals surface area contributed by atoms with Crippen LogP contribution in [0, 0.1) is 6.07 Å². The summed E-state index contributed by atoms with van der Waals surface area (Å²) in [6.07, 6.45) is -5.00. The molecule has 0 aromatic heterocycles. The summed E-state index contributed by atoms with van der Waals surface area (Å²) in [7, 11) is 0. The predicted molar refractivity (Wildman–Crippen MR) is 49.6 cm³/mol. The smallest absolute Gasteiger partial charge is 0.308 e. The number of hydrogen-bond acceptors (Lipinski definition) is 1. The Bertz CT molecular complexity index is 148.